The number of rotatable bonds is 5. The maximum Gasteiger partial charge on any atom is 0.273 e. The van der Waals surface area contributed by atoms with Crippen molar-refractivity contribution in [1.29, 1.82) is 0 Å². The summed E-state index contributed by atoms with van der Waals surface area (Å²) >= 11 is 0. The van der Waals surface area contributed by atoms with Gasteiger partial charge in [-0.2, -0.15) is 0 Å². The Labute approximate surface area is 134 Å². The summed E-state index contributed by atoms with van der Waals surface area (Å²) in [5.74, 6) is -0.295. The molecule has 5 heteroatoms. The number of nitrogens with zero attached hydrogens (tertiary/aromatic N) is 1. The summed E-state index contributed by atoms with van der Waals surface area (Å²) in [6.07, 6.45) is -0.0776. The molecule has 1 fully saturated rings. The maximum atomic E-state index is 12.1. The van der Waals surface area contributed by atoms with Crippen LogP contribution in [0.1, 0.15) is 28.9 Å². The van der Waals surface area contributed by atoms with Gasteiger partial charge < -0.3 is 14.9 Å². The number of nitrogens with one attached hydrogen (secondary N) is 1. The van der Waals surface area contributed by atoms with Crippen molar-refractivity contribution in [2.75, 3.05) is 14.2 Å². The fraction of sp³-hybridized carbons (Fsp3) is 0.222. The largest absolute Gasteiger partial charge is 0.398 e. The SMILES string of the molecule is CNC(=O)C(=NOC)c1ccccc1[C@H]1O[C@@H]1c1ccccc1. The molecule has 3 rings (SSSR count). The fourth-order valence-corrected chi connectivity index (χ4v) is 2.63. The Bertz CT molecular complexity index is 728. The average Bonchev–Trinajstić information content (AvgIpc) is 3.40. The minimum Gasteiger partial charge on any atom is -0.398 e. The first-order valence-corrected chi connectivity index (χ1v) is 7.39. The van der Waals surface area contributed by atoms with Gasteiger partial charge in [0.15, 0.2) is 5.71 Å². The minimum atomic E-state index is -0.295. The summed E-state index contributed by atoms with van der Waals surface area (Å²) in [5, 5.41) is 6.47. The van der Waals surface area contributed by atoms with E-state index in [1.54, 1.807) is 7.05 Å². The van der Waals surface area contributed by atoms with E-state index in [9.17, 15) is 4.79 Å². The number of carbonyl (C=O) groups is 1. The van der Waals surface area contributed by atoms with Gasteiger partial charge >= 0.3 is 0 Å². The lowest BCUT2D eigenvalue weighted by Crippen LogP contribution is -2.29. The molecule has 2 aromatic carbocycles. The molecular formula is C18H18N2O3. The van der Waals surface area contributed by atoms with E-state index in [1.165, 1.54) is 7.11 Å². The van der Waals surface area contributed by atoms with Crippen molar-refractivity contribution in [2.24, 2.45) is 5.16 Å². The monoisotopic (exact) mass is 310 g/mol. The van der Waals surface area contributed by atoms with E-state index in [-0.39, 0.29) is 23.8 Å². The molecule has 0 aromatic heterocycles. The summed E-state index contributed by atoms with van der Waals surface area (Å²) in [5.41, 5.74) is 3.02. The number of ether oxygens (including phenoxy) is 1. The maximum absolute atomic E-state index is 12.1. The van der Waals surface area contributed by atoms with Crippen molar-refractivity contribution < 1.29 is 14.4 Å². The molecule has 0 saturated carbocycles. The predicted molar refractivity (Wildman–Crippen MR) is 87.1 cm³/mol. The van der Waals surface area contributed by atoms with Gasteiger partial charge in [0.1, 0.15) is 19.3 Å². The summed E-state index contributed by atoms with van der Waals surface area (Å²) < 4.78 is 5.84. The first-order valence-electron chi connectivity index (χ1n) is 7.39. The number of hydrogen-bond donors (Lipinski definition) is 1. The zero-order valence-corrected chi connectivity index (χ0v) is 13.0. The highest BCUT2D eigenvalue weighted by atomic mass is 16.6. The Kier molecular flexibility index (Phi) is 4.39. The minimum absolute atomic E-state index is 0.00540. The molecule has 1 N–H and O–H groups in total. The summed E-state index contributed by atoms with van der Waals surface area (Å²) in [4.78, 5) is 16.9. The van der Waals surface area contributed by atoms with Crippen molar-refractivity contribution in [1.82, 2.24) is 5.32 Å². The third-order valence-electron chi connectivity index (χ3n) is 3.77. The van der Waals surface area contributed by atoms with E-state index in [2.05, 4.69) is 10.5 Å². The second-order valence-electron chi connectivity index (χ2n) is 5.18. The average molecular weight is 310 g/mol. The van der Waals surface area contributed by atoms with Crippen LogP contribution in [0.2, 0.25) is 0 Å². The molecule has 0 bridgehead atoms. The Morgan fingerprint density at radius 1 is 1.09 bits per heavy atom. The van der Waals surface area contributed by atoms with Crippen LogP contribution < -0.4 is 5.32 Å². The highest BCUT2D eigenvalue weighted by molar-refractivity contribution is 6.45. The first-order chi connectivity index (χ1) is 11.3. The van der Waals surface area contributed by atoms with Crippen LogP contribution in [-0.2, 0) is 14.4 Å². The zero-order valence-electron chi connectivity index (χ0n) is 13.0. The lowest BCUT2D eigenvalue weighted by atomic mass is 9.96. The van der Waals surface area contributed by atoms with E-state index in [1.807, 2.05) is 54.6 Å². The lowest BCUT2D eigenvalue weighted by molar-refractivity contribution is -0.114. The molecule has 1 aliphatic rings. The van der Waals surface area contributed by atoms with Gasteiger partial charge in [0.2, 0.25) is 0 Å². The lowest BCUT2D eigenvalue weighted by Gasteiger charge is -2.09. The number of hydrogen-bond acceptors (Lipinski definition) is 4. The first kappa shape index (κ1) is 15.2. The molecule has 0 radical (unpaired) electrons. The molecule has 1 heterocycles. The predicted octanol–water partition coefficient (Wildman–Crippen LogP) is 2.60. The fourth-order valence-electron chi connectivity index (χ4n) is 2.63. The standard InChI is InChI=1S/C18H18N2O3/c1-19-18(21)15(20-22-2)13-10-6-7-11-14(13)17-16(23-17)12-8-4-3-5-9-12/h3-11,16-17H,1-2H3,(H,19,21)/t16-,17-/m1/s1. The van der Waals surface area contributed by atoms with Crippen molar-refractivity contribution in [3.8, 4) is 0 Å². The molecule has 5 nitrogen and oxygen atoms in total. The van der Waals surface area contributed by atoms with Gasteiger partial charge in [-0.25, -0.2) is 0 Å². The van der Waals surface area contributed by atoms with Crippen LogP contribution in [0.4, 0.5) is 0 Å². The second-order valence-corrected chi connectivity index (χ2v) is 5.18. The van der Waals surface area contributed by atoms with E-state index in [0.717, 1.165) is 16.7 Å². The van der Waals surface area contributed by atoms with Crippen molar-refractivity contribution >= 4 is 11.6 Å². The van der Waals surface area contributed by atoms with Gasteiger partial charge in [0, 0.05) is 12.6 Å². The van der Waals surface area contributed by atoms with Crippen molar-refractivity contribution in [3.63, 3.8) is 0 Å². The number of likely N-dealkylation sites (N-methyl/N-ethyl adjacent to an activating group) is 1. The smallest absolute Gasteiger partial charge is 0.273 e. The van der Waals surface area contributed by atoms with Crippen LogP contribution in [0, 0.1) is 0 Å². The molecule has 2 atom stereocenters. The third-order valence-corrected chi connectivity index (χ3v) is 3.77. The van der Waals surface area contributed by atoms with Gasteiger partial charge in [-0.05, 0) is 11.1 Å². The third kappa shape index (κ3) is 3.10. The van der Waals surface area contributed by atoms with E-state index >= 15 is 0 Å². The normalized spacial score (nSPS) is 20.0. The van der Waals surface area contributed by atoms with E-state index < -0.39 is 0 Å². The van der Waals surface area contributed by atoms with Gasteiger partial charge in [-0.1, -0.05) is 59.8 Å². The summed E-state index contributed by atoms with van der Waals surface area (Å²) in [7, 11) is 2.99. The highest BCUT2D eigenvalue weighted by Crippen LogP contribution is 2.51. The molecule has 0 spiro atoms. The molecule has 1 amide bonds. The van der Waals surface area contributed by atoms with Gasteiger partial charge in [-0.3, -0.25) is 4.79 Å². The molecule has 1 saturated heterocycles. The molecule has 118 valence electrons. The molecule has 0 unspecified atom stereocenters. The van der Waals surface area contributed by atoms with Crippen LogP contribution >= 0.6 is 0 Å². The number of carbonyl (C=O) groups excluding carboxylic acids is 1. The van der Waals surface area contributed by atoms with Crippen molar-refractivity contribution in [3.05, 3.63) is 71.3 Å². The Morgan fingerprint density at radius 2 is 1.78 bits per heavy atom. The van der Waals surface area contributed by atoms with Crippen LogP contribution in [0.25, 0.3) is 0 Å². The topological polar surface area (TPSA) is 63.2 Å². The van der Waals surface area contributed by atoms with Gasteiger partial charge in [-0.15, -0.1) is 0 Å². The summed E-state index contributed by atoms with van der Waals surface area (Å²) in [6, 6.07) is 17.6. The number of amides is 1. The molecular weight excluding hydrogens is 292 g/mol. The Hall–Kier alpha value is -2.66. The number of oxime groups is 1. The van der Waals surface area contributed by atoms with Gasteiger partial charge in [0.25, 0.3) is 5.91 Å². The summed E-state index contributed by atoms with van der Waals surface area (Å²) in [6.45, 7) is 0. The Balaban J connectivity index is 1.93. The van der Waals surface area contributed by atoms with Gasteiger partial charge in [0.05, 0.1) is 0 Å². The molecule has 1 aliphatic heterocycles. The van der Waals surface area contributed by atoms with Crippen LogP contribution in [0.5, 0.6) is 0 Å². The number of benzene rings is 2. The molecule has 23 heavy (non-hydrogen) atoms. The molecule has 0 aliphatic carbocycles. The quantitative estimate of drug-likeness (QED) is 0.524. The van der Waals surface area contributed by atoms with E-state index in [4.69, 9.17) is 9.57 Å². The van der Waals surface area contributed by atoms with E-state index in [0.29, 0.717) is 0 Å². The second kappa shape index (κ2) is 6.62. The van der Waals surface area contributed by atoms with Crippen LogP contribution in [-0.4, -0.2) is 25.8 Å². The molecule has 2 aromatic rings. The Morgan fingerprint density at radius 3 is 2.48 bits per heavy atom. The highest BCUT2D eigenvalue weighted by Gasteiger charge is 2.43. The van der Waals surface area contributed by atoms with Crippen molar-refractivity contribution in [2.45, 2.75) is 12.2 Å². The number of epoxide rings is 1. The zero-order chi connectivity index (χ0) is 16.2. The van der Waals surface area contributed by atoms with Crippen LogP contribution in [0.3, 0.4) is 0 Å². The van der Waals surface area contributed by atoms with Crippen LogP contribution in [0.15, 0.2) is 59.8 Å².